The lowest BCUT2D eigenvalue weighted by atomic mass is 10.2. The largest absolute Gasteiger partial charge is 0.414 e. The SMILES string of the molecule is O=C(CCNC(=O)c1ccccc1)NOCC(F)(F)F. The van der Waals surface area contributed by atoms with Gasteiger partial charge in [0.05, 0.1) is 0 Å². The number of halogens is 3. The van der Waals surface area contributed by atoms with Crippen molar-refractivity contribution in [3.8, 4) is 0 Å². The molecule has 0 fully saturated rings. The Kier molecular flexibility index (Phi) is 5.98. The maximum absolute atomic E-state index is 11.7. The van der Waals surface area contributed by atoms with E-state index in [-0.39, 0.29) is 18.9 Å². The summed E-state index contributed by atoms with van der Waals surface area (Å²) < 4.78 is 35.2. The fraction of sp³-hybridized carbons (Fsp3) is 0.333. The second-order valence-electron chi connectivity index (χ2n) is 3.80. The zero-order chi connectivity index (χ0) is 15.0. The third-order valence-corrected chi connectivity index (χ3v) is 2.10. The van der Waals surface area contributed by atoms with E-state index in [0.717, 1.165) is 0 Å². The fourth-order valence-electron chi connectivity index (χ4n) is 1.23. The highest BCUT2D eigenvalue weighted by atomic mass is 19.4. The van der Waals surface area contributed by atoms with Gasteiger partial charge in [-0.3, -0.25) is 14.4 Å². The van der Waals surface area contributed by atoms with Crippen LogP contribution in [0.2, 0.25) is 0 Å². The Morgan fingerprint density at radius 3 is 2.40 bits per heavy atom. The Balaban J connectivity index is 2.18. The lowest BCUT2D eigenvalue weighted by molar-refractivity contribution is -0.191. The normalized spacial score (nSPS) is 10.9. The van der Waals surface area contributed by atoms with Crippen molar-refractivity contribution in [1.29, 1.82) is 0 Å². The number of hydrogen-bond donors (Lipinski definition) is 2. The highest BCUT2D eigenvalue weighted by Gasteiger charge is 2.28. The molecule has 0 spiro atoms. The lowest BCUT2D eigenvalue weighted by Crippen LogP contribution is -2.33. The molecular formula is C12H13F3N2O3. The van der Waals surface area contributed by atoms with Crippen LogP contribution < -0.4 is 10.8 Å². The van der Waals surface area contributed by atoms with Gasteiger partial charge < -0.3 is 5.32 Å². The molecule has 0 heterocycles. The van der Waals surface area contributed by atoms with Crippen LogP contribution in [-0.2, 0) is 9.63 Å². The summed E-state index contributed by atoms with van der Waals surface area (Å²) in [6.07, 6.45) is -4.69. The number of alkyl halides is 3. The highest BCUT2D eigenvalue weighted by Crippen LogP contribution is 2.13. The topological polar surface area (TPSA) is 67.4 Å². The summed E-state index contributed by atoms with van der Waals surface area (Å²) in [4.78, 5) is 26.6. The van der Waals surface area contributed by atoms with Crippen molar-refractivity contribution in [1.82, 2.24) is 10.8 Å². The molecule has 8 heteroatoms. The average Bonchev–Trinajstić information content (AvgIpc) is 2.38. The predicted molar refractivity (Wildman–Crippen MR) is 63.5 cm³/mol. The number of nitrogens with one attached hydrogen (secondary N) is 2. The second kappa shape index (κ2) is 7.49. The van der Waals surface area contributed by atoms with Crippen molar-refractivity contribution in [2.75, 3.05) is 13.2 Å². The molecule has 2 amide bonds. The van der Waals surface area contributed by atoms with Crippen LogP contribution in [0.1, 0.15) is 16.8 Å². The van der Waals surface area contributed by atoms with Gasteiger partial charge in [0, 0.05) is 18.5 Å². The number of benzene rings is 1. The first-order valence-corrected chi connectivity index (χ1v) is 5.69. The van der Waals surface area contributed by atoms with Gasteiger partial charge in [-0.1, -0.05) is 18.2 Å². The monoisotopic (exact) mass is 290 g/mol. The second-order valence-corrected chi connectivity index (χ2v) is 3.80. The summed E-state index contributed by atoms with van der Waals surface area (Å²) in [6.45, 7) is -1.57. The van der Waals surface area contributed by atoms with Crippen molar-refractivity contribution >= 4 is 11.8 Å². The Hall–Kier alpha value is -2.09. The van der Waals surface area contributed by atoms with Crippen LogP contribution in [0, 0.1) is 0 Å². The fourth-order valence-corrected chi connectivity index (χ4v) is 1.23. The summed E-state index contributed by atoms with van der Waals surface area (Å²) >= 11 is 0. The molecule has 20 heavy (non-hydrogen) atoms. The van der Waals surface area contributed by atoms with Crippen LogP contribution in [0.15, 0.2) is 30.3 Å². The molecule has 2 N–H and O–H groups in total. The third kappa shape index (κ3) is 6.74. The van der Waals surface area contributed by atoms with Gasteiger partial charge in [-0.15, -0.1) is 0 Å². The van der Waals surface area contributed by atoms with E-state index in [4.69, 9.17) is 0 Å². The molecule has 110 valence electrons. The van der Waals surface area contributed by atoms with E-state index >= 15 is 0 Å². The third-order valence-electron chi connectivity index (χ3n) is 2.10. The molecule has 0 atom stereocenters. The molecule has 0 aliphatic carbocycles. The molecule has 0 aromatic heterocycles. The summed E-state index contributed by atoms with van der Waals surface area (Å²) in [5, 5.41) is 2.46. The minimum atomic E-state index is -4.51. The Morgan fingerprint density at radius 1 is 1.15 bits per heavy atom. The standard InChI is InChI=1S/C12H13F3N2O3/c13-12(14,15)8-20-17-10(18)6-7-16-11(19)9-4-2-1-3-5-9/h1-5H,6-8H2,(H,16,19)(H,17,18). The van der Waals surface area contributed by atoms with Gasteiger partial charge in [-0.25, -0.2) is 5.48 Å². The molecule has 0 saturated carbocycles. The smallest absolute Gasteiger partial charge is 0.352 e. The summed E-state index contributed by atoms with van der Waals surface area (Å²) in [5.41, 5.74) is 2.07. The van der Waals surface area contributed by atoms with E-state index in [1.54, 1.807) is 35.8 Å². The van der Waals surface area contributed by atoms with Crippen molar-refractivity contribution < 1.29 is 27.6 Å². The molecule has 5 nitrogen and oxygen atoms in total. The van der Waals surface area contributed by atoms with Gasteiger partial charge in [0.25, 0.3) is 5.91 Å². The Bertz CT molecular complexity index is 449. The highest BCUT2D eigenvalue weighted by molar-refractivity contribution is 5.94. The molecule has 0 aliphatic heterocycles. The van der Waals surface area contributed by atoms with Crippen LogP contribution in [0.25, 0.3) is 0 Å². The van der Waals surface area contributed by atoms with E-state index in [1.165, 1.54) is 0 Å². The number of carbonyl (C=O) groups is 2. The van der Waals surface area contributed by atoms with Gasteiger partial charge in [0.1, 0.15) is 0 Å². The van der Waals surface area contributed by atoms with Crippen LogP contribution >= 0.6 is 0 Å². The first-order chi connectivity index (χ1) is 9.38. The molecule has 0 saturated heterocycles. The first-order valence-electron chi connectivity index (χ1n) is 5.69. The summed E-state index contributed by atoms with van der Waals surface area (Å²) in [6, 6.07) is 8.32. The zero-order valence-electron chi connectivity index (χ0n) is 10.4. The number of amides is 2. The minimum Gasteiger partial charge on any atom is -0.352 e. The minimum absolute atomic E-state index is 0.00502. The van der Waals surface area contributed by atoms with Gasteiger partial charge in [0.2, 0.25) is 5.91 Å². The van der Waals surface area contributed by atoms with Crippen molar-refractivity contribution in [3.63, 3.8) is 0 Å². The van der Waals surface area contributed by atoms with Gasteiger partial charge in [-0.05, 0) is 12.1 Å². The number of rotatable bonds is 6. The van der Waals surface area contributed by atoms with Gasteiger partial charge in [-0.2, -0.15) is 13.2 Å². The van der Waals surface area contributed by atoms with E-state index in [0.29, 0.717) is 5.56 Å². The Morgan fingerprint density at radius 2 is 1.80 bits per heavy atom. The van der Waals surface area contributed by atoms with Gasteiger partial charge in [0.15, 0.2) is 6.61 Å². The quantitative estimate of drug-likeness (QED) is 0.779. The van der Waals surface area contributed by atoms with E-state index in [2.05, 4.69) is 10.2 Å². The first kappa shape index (κ1) is 16.0. The predicted octanol–water partition coefficient (Wildman–Crippen LogP) is 1.42. The van der Waals surface area contributed by atoms with Crippen molar-refractivity contribution in [3.05, 3.63) is 35.9 Å². The molecule has 1 aromatic carbocycles. The van der Waals surface area contributed by atoms with Crippen molar-refractivity contribution in [2.45, 2.75) is 12.6 Å². The van der Waals surface area contributed by atoms with Crippen molar-refractivity contribution in [2.24, 2.45) is 0 Å². The summed E-state index contributed by atoms with van der Waals surface area (Å²) in [7, 11) is 0. The average molecular weight is 290 g/mol. The molecule has 0 unspecified atom stereocenters. The summed E-state index contributed by atoms with van der Waals surface area (Å²) in [5.74, 6) is -1.11. The van der Waals surface area contributed by atoms with Crippen LogP contribution in [0.4, 0.5) is 13.2 Å². The van der Waals surface area contributed by atoms with Crippen LogP contribution in [0.5, 0.6) is 0 Å². The molecule has 1 aromatic rings. The number of carbonyl (C=O) groups excluding carboxylic acids is 2. The number of hydrogen-bond acceptors (Lipinski definition) is 3. The molecule has 0 radical (unpaired) electrons. The van der Waals surface area contributed by atoms with E-state index < -0.39 is 18.7 Å². The molecule has 0 aliphatic rings. The molecule has 1 rings (SSSR count). The lowest BCUT2D eigenvalue weighted by Gasteiger charge is -2.08. The zero-order valence-corrected chi connectivity index (χ0v) is 10.4. The Labute approximate surface area is 113 Å². The maximum Gasteiger partial charge on any atom is 0.414 e. The van der Waals surface area contributed by atoms with Crippen LogP contribution in [0.3, 0.4) is 0 Å². The number of hydroxylamine groups is 1. The molecular weight excluding hydrogens is 277 g/mol. The van der Waals surface area contributed by atoms with E-state index in [9.17, 15) is 22.8 Å². The molecule has 0 bridgehead atoms. The maximum atomic E-state index is 11.7. The van der Waals surface area contributed by atoms with Crippen LogP contribution in [-0.4, -0.2) is 31.1 Å². The van der Waals surface area contributed by atoms with Gasteiger partial charge >= 0.3 is 6.18 Å². The van der Waals surface area contributed by atoms with E-state index in [1.807, 2.05) is 0 Å².